The molecule has 0 heterocycles. The average molecular weight is 297 g/mol. The van der Waals surface area contributed by atoms with E-state index in [1.54, 1.807) is 7.11 Å². The summed E-state index contributed by atoms with van der Waals surface area (Å²) in [7, 11) is 1.68. The molecule has 20 heavy (non-hydrogen) atoms. The minimum absolute atomic E-state index is 0.0925. The highest BCUT2D eigenvalue weighted by atomic mass is 32.2. The molecule has 0 bridgehead atoms. The molecule has 0 unspecified atom stereocenters. The Hall–Kier alpha value is -0.870. The Morgan fingerprint density at radius 2 is 2.00 bits per heavy atom. The van der Waals surface area contributed by atoms with Crippen LogP contribution >= 0.6 is 11.8 Å². The quantitative estimate of drug-likeness (QED) is 0.741. The summed E-state index contributed by atoms with van der Waals surface area (Å²) < 4.78 is 11.2. The third-order valence-electron chi connectivity index (χ3n) is 2.77. The van der Waals surface area contributed by atoms with Gasteiger partial charge in [-0.25, -0.2) is 0 Å². The molecule has 0 aliphatic heterocycles. The largest absolute Gasteiger partial charge is 0.497 e. The number of nitrogens with one attached hydrogen (secondary N) is 1. The van der Waals surface area contributed by atoms with E-state index in [0.717, 1.165) is 36.2 Å². The molecule has 0 radical (unpaired) electrons. The zero-order valence-electron chi connectivity index (χ0n) is 13.3. The summed E-state index contributed by atoms with van der Waals surface area (Å²) in [6, 6.07) is 6.02. The third kappa shape index (κ3) is 6.53. The lowest BCUT2D eigenvalue weighted by atomic mass is 10.1. The zero-order chi connectivity index (χ0) is 15.0. The molecule has 114 valence electrons. The Morgan fingerprint density at radius 3 is 2.60 bits per heavy atom. The highest BCUT2D eigenvalue weighted by Crippen LogP contribution is 2.25. The summed E-state index contributed by atoms with van der Waals surface area (Å²) in [5, 5.41) is 3.49. The van der Waals surface area contributed by atoms with Crippen LogP contribution in [-0.2, 0) is 6.54 Å². The van der Waals surface area contributed by atoms with Gasteiger partial charge in [-0.1, -0.05) is 13.0 Å². The van der Waals surface area contributed by atoms with Crippen molar-refractivity contribution in [1.29, 1.82) is 0 Å². The second-order valence-corrected chi connectivity index (χ2v) is 7.02. The minimum Gasteiger partial charge on any atom is -0.497 e. The molecule has 3 nitrogen and oxygen atoms in total. The molecule has 0 amide bonds. The van der Waals surface area contributed by atoms with Crippen molar-refractivity contribution in [3.05, 3.63) is 23.8 Å². The van der Waals surface area contributed by atoms with Crippen LogP contribution < -0.4 is 14.8 Å². The Balaban J connectivity index is 2.70. The Labute approximate surface area is 127 Å². The van der Waals surface area contributed by atoms with Gasteiger partial charge in [-0.05, 0) is 32.6 Å². The molecule has 4 heteroatoms. The molecule has 0 aromatic heterocycles. The van der Waals surface area contributed by atoms with E-state index in [2.05, 4.69) is 39.1 Å². The van der Waals surface area contributed by atoms with E-state index in [1.165, 1.54) is 5.56 Å². The Kier molecular flexibility index (Phi) is 7.24. The summed E-state index contributed by atoms with van der Waals surface area (Å²) in [6.07, 6.45) is 0. The monoisotopic (exact) mass is 297 g/mol. The number of hydrogen-bond donors (Lipinski definition) is 1. The molecule has 0 saturated heterocycles. The maximum absolute atomic E-state index is 5.91. The standard InChI is InChI=1S/C16H27NO2S/c1-6-20-10-9-19-15-11-14(18-5)8-7-13(15)12-17-16(2,3)4/h7-8,11,17H,6,9-10,12H2,1-5H3. The lowest BCUT2D eigenvalue weighted by molar-refractivity contribution is 0.331. The number of ether oxygens (including phenoxy) is 2. The summed E-state index contributed by atoms with van der Waals surface area (Å²) in [4.78, 5) is 0. The van der Waals surface area contributed by atoms with E-state index in [-0.39, 0.29) is 5.54 Å². The summed E-state index contributed by atoms with van der Waals surface area (Å²) in [5.41, 5.74) is 1.26. The molecule has 1 aromatic rings. The van der Waals surface area contributed by atoms with Crippen LogP contribution in [0.25, 0.3) is 0 Å². The SMILES string of the molecule is CCSCCOc1cc(OC)ccc1CNC(C)(C)C. The first-order valence-corrected chi connectivity index (χ1v) is 8.24. The predicted molar refractivity (Wildman–Crippen MR) is 88.1 cm³/mol. The van der Waals surface area contributed by atoms with Gasteiger partial charge in [0.05, 0.1) is 13.7 Å². The fourth-order valence-corrected chi connectivity index (χ4v) is 2.15. The normalized spacial score (nSPS) is 11.4. The highest BCUT2D eigenvalue weighted by Gasteiger charge is 2.12. The maximum atomic E-state index is 5.91. The Morgan fingerprint density at radius 1 is 1.25 bits per heavy atom. The average Bonchev–Trinajstić information content (AvgIpc) is 2.41. The molecule has 0 fully saturated rings. The van der Waals surface area contributed by atoms with Crippen LogP contribution in [0.15, 0.2) is 18.2 Å². The van der Waals surface area contributed by atoms with Crippen molar-refractivity contribution in [3.8, 4) is 11.5 Å². The van der Waals surface area contributed by atoms with Gasteiger partial charge in [-0.15, -0.1) is 0 Å². The molecule has 0 spiro atoms. The summed E-state index contributed by atoms with van der Waals surface area (Å²) >= 11 is 1.89. The van der Waals surface area contributed by atoms with Gasteiger partial charge < -0.3 is 14.8 Å². The maximum Gasteiger partial charge on any atom is 0.127 e. The van der Waals surface area contributed by atoms with Crippen LogP contribution in [0.1, 0.15) is 33.3 Å². The van der Waals surface area contributed by atoms with Crippen molar-refractivity contribution in [2.24, 2.45) is 0 Å². The van der Waals surface area contributed by atoms with Crippen molar-refractivity contribution < 1.29 is 9.47 Å². The van der Waals surface area contributed by atoms with E-state index in [0.29, 0.717) is 0 Å². The minimum atomic E-state index is 0.0925. The van der Waals surface area contributed by atoms with Gasteiger partial charge in [0.25, 0.3) is 0 Å². The third-order valence-corrected chi connectivity index (χ3v) is 3.64. The number of benzene rings is 1. The summed E-state index contributed by atoms with van der Waals surface area (Å²) in [6.45, 7) is 10.2. The van der Waals surface area contributed by atoms with Crippen LogP contribution in [0.3, 0.4) is 0 Å². The van der Waals surface area contributed by atoms with Crippen LogP contribution in [0.5, 0.6) is 11.5 Å². The lowest BCUT2D eigenvalue weighted by Crippen LogP contribution is -2.35. The molecule has 0 atom stereocenters. The van der Waals surface area contributed by atoms with Crippen molar-refractivity contribution in [2.75, 3.05) is 25.2 Å². The molecule has 1 N–H and O–H groups in total. The molecule has 0 aliphatic carbocycles. The van der Waals surface area contributed by atoms with E-state index >= 15 is 0 Å². The molecular weight excluding hydrogens is 270 g/mol. The van der Waals surface area contributed by atoms with Crippen molar-refractivity contribution in [2.45, 2.75) is 39.8 Å². The summed E-state index contributed by atoms with van der Waals surface area (Å²) in [5.74, 6) is 3.89. The number of thioether (sulfide) groups is 1. The van der Waals surface area contributed by atoms with E-state index in [4.69, 9.17) is 9.47 Å². The van der Waals surface area contributed by atoms with Crippen LogP contribution in [0, 0.1) is 0 Å². The number of rotatable bonds is 8. The first kappa shape index (κ1) is 17.2. The van der Waals surface area contributed by atoms with Gasteiger partial charge in [0, 0.05) is 29.5 Å². The second kappa shape index (κ2) is 8.42. The van der Waals surface area contributed by atoms with Gasteiger partial charge in [-0.3, -0.25) is 0 Å². The first-order valence-electron chi connectivity index (χ1n) is 7.08. The van der Waals surface area contributed by atoms with E-state index in [1.807, 2.05) is 23.9 Å². The van der Waals surface area contributed by atoms with Crippen LogP contribution in [0.4, 0.5) is 0 Å². The molecule has 0 saturated carbocycles. The predicted octanol–water partition coefficient (Wildman–Crippen LogP) is 3.72. The molecule has 1 rings (SSSR count). The highest BCUT2D eigenvalue weighted by molar-refractivity contribution is 7.99. The molecular formula is C16H27NO2S. The molecule has 0 aliphatic rings. The topological polar surface area (TPSA) is 30.5 Å². The van der Waals surface area contributed by atoms with E-state index < -0.39 is 0 Å². The van der Waals surface area contributed by atoms with Gasteiger partial charge >= 0.3 is 0 Å². The number of hydrogen-bond acceptors (Lipinski definition) is 4. The van der Waals surface area contributed by atoms with Crippen molar-refractivity contribution in [3.63, 3.8) is 0 Å². The van der Waals surface area contributed by atoms with Crippen molar-refractivity contribution >= 4 is 11.8 Å². The molecule has 1 aromatic carbocycles. The second-order valence-electron chi connectivity index (χ2n) is 5.62. The van der Waals surface area contributed by atoms with E-state index in [9.17, 15) is 0 Å². The van der Waals surface area contributed by atoms with Gasteiger partial charge in [0.1, 0.15) is 11.5 Å². The Bertz CT molecular complexity index is 402. The van der Waals surface area contributed by atoms with Crippen LogP contribution in [0.2, 0.25) is 0 Å². The fraction of sp³-hybridized carbons (Fsp3) is 0.625. The smallest absolute Gasteiger partial charge is 0.127 e. The van der Waals surface area contributed by atoms with Crippen molar-refractivity contribution in [1.82, 2.24) is 5.32 Å². The fourth-order valence-electron chi connectivity index (χ4n) is 1.66. The zero-order valence-corrected chi connectivity index (χ0v) is 14.1. The van der Waals surface area contributed by atoms with Gasteiger partial charge in [0.15, 0.2) is 0 Å². The first-order chi connectivity index (χ1) is 9.46. The lowest BCUT2D eigenvalue weighted by Gasteiger charge is -2.22. The van der Waals surface area contributed by atoms with Gasteiger partial charge in [0.2, 0.25) is 0 Å². The van der Waals surface area contributed by atoms with Gasteiger partial charge in [-0.2, -0.15) is 11.8 Å². The van der Waals surface area contributed by atoms with Crippen LogP contribution in [-0.4, -0.2) is 30.8 Å². The number of methoxy groups -OCH3 is 1.